The number of imidazole rings is 1. The average molecular weight is 279 g/mol. The fourth-order valence-corrected chi connectivity index (χ4v) is 3.38. The van der Waals surface area contributed by atoms with Crippen LogP contribution in [-0.4, -0.2) is 11.2 Å². The van der Waals surface area contributed by atoms with Gasteiger partial charge in [0.05, 0.1) is 25.8 Å². The highest BCUT2D eigenvalue weighted by molar-refractivity contribution is 5.79. The Morgan fingerprint density at radius 2 is 1.95 bits per heavy atom. The first-order valence-corrected chi connectivity index (χ1v) is 7.41. The number of ether oxygens (including phenoxy) is 1. The van der Waals surface area contributed by atoms with Crippen LogP contribution in [0.3, 0.4) is 0 Å². The molecule has 21 heavy (non-hydrogen) atoms. The molecule has 0 atom stereocenters. The Balaban J connectivity index is 2.12. The predicted molar refractivity (Wildman–Crippen MR) is 82.9 cm³/mol. The van der Waals surface area contributed by atoms with Crippen LogP contribution in [0.15, 0.2) is 42.5 Å². The number of aryl methyl sites for hydroxylation is 2. The summed E-state index contributed by atoms with van der Waals surface area (Å²) in [5, 5.41) is 0. The van der Waals surface area contributed by atoms with Crippen LogP contribution in [0.4, 0.5) is 0 Å². The third-order valence-corrected chi connectivity index (χ3v) is 4.41. The summed E-state index contributed by atoms with van der Waals surface area (Å²) in [5.74, 6) is 1.26. The van der Waals surface area contributed by atoms with Crippen LogP contribution in [-0.2, 0) is 24.9 Å². The summed E-state index contributed by atoms with van der Waals surface area (Å²) in [5.41, 5.74) is 6.47. The van der Waals surface area contributed by atoms with Gasteiger partial charge in [-0.25, -0.2) is 9.13 Å². The van der Waals surface area contributed by atoms with E-state index in [9.17, 15) is 0 Å². The number of hydrogen-bond acceptors (Lipinski definition) is 1. The van der Waals surface area contributed by atoms with E-state index in [1.165, 1.54) is 33.5 Å². The highest BCUT2D eigenvalue weighted by Crippen LogP contribution is 2.27. The minimum Gasteiger partial charge on any atom is -0.373 e. The zero-order chi connectivity index (χ0) is 14.4. The molecule has 1 aliphatic heterocycles. The second kappa shape index (κ2) is 4.71. The third-order valence-electron chi connectivity index (χ3n) is 4.41. The molecule has 0 bridgehead atoms. The van der Waals surface area contributed by atoms with Gasteiger partial charge in [-0.1, -0.05) is 30.3 Å². The third kappa shape index (κ3) is 1.81. The Bertz CT molecular complexity index is 833. The maximum atomic E-state index is 5.76. The lowest BCUT2D eigenvalue weighted by molar-refractivity contribution is -0.661. The van der Waals surface area contributed by atoms with E-state index in [1.54, 1.807) is 0 Å². The first-order chi connectivity index (χ1) is 10.3. The van der Waals surface area contributed by atoms with E-state index < -0.39 is 0 Å². The second-order valence-corrected chi connectivity index (χ2v) is 5.69. The first kappa shape index (κ1) is 12.6. The Morgan fingerprint density at radius 3 is 2.81 bits per heavy atom. The van der Waals surface area contributed by atoms with Crippen LogP contribution < -0.4 is 4.57 Å². The summed E-state index contributed by atoms with van der Waals surface area (Å²) < 4.78 is 10.5. The van der Waals surface area contributed by atoms with E-state index in [0.717, 1.165) is 13.2 Å². The molecule has 0 unspecified atom stereocenters. The van der Waals surface area contributed by atoms with Crippen LogP contribution in [0, 0.1) is 6.92 Å². The lowest BCUT2D eigenvalue weighted by atomic mass is 10.1. The van der Waals surface area contributed by atoms with Gasteiger partial charge in [-0.15, -0.1) is 0 Å². The lowest BCUT2D eigenvalue weighted by Gasteiger charge is -2.05. The molecule has 1 aliphatic rings. The van der Waals surface area contributed by atoms with Crippen molar-refractivity contribution in [1.82, 2.24) is 4.57 Å². The Morgan fingerprint density at radius 1 is 1.10 bits per heavy atom. The van der Waals surface area contributed by atoms with E-state index in [0.29, 0.717) is 6.61 Å². The summed E-state index contributed by atoms with van der Waals surface area (Å²) in [6, 6.07) is 15.1. The molecule has 0 amide bonds. The van der Waals surface area contributed by atoms with Gasteiger partial charge in [-0.05, 0) is 24.6 Å². The average Bonchev–Trinajstić information content (AvgIpc) is 2.66. The van der Waals surface area contributed by atoms with Crippen molar-refractivity contribution in [2.24, 2.45) is 7.05 Å². The van der Waals surface area contributed by atoms with E-state index in [-0.39, 0.29) is 0 Å². The quantitative estimate of drug-likeness (QED) is 0.626. The molecule has 3 aromatic rings. The predicted octanol–water partition coefficient (Wildman–Crippen LogP) is 2.97. The highest BCUT2D eigenvalue weighted by atomic mass is 16.5. The second-order valence-electron chi connectivity index (χ2n) is 5.69. The molecule has 0 N–H and O–H groups in total. The van der Waals surface area contributed by atoms with E-state index in [1.807, 2.05) is 0 Å². The number of benzene rings is 2. The van der Waals surface area contributed by atoms with Gasteiger partial charge in [0.25, 0.3) is 5.82 Å². The molecule has 0 aliphatic carbocycles. The molecular weight excluding hydrogens is 260 g/mol. The van der Waals surface area contributed by atoms with Crippen molar-refractivity contribution in [1.29, 1.82) is 0 Å². The Kier molecular flexibility index (Phi) is 2.82. The highest BCUT2D eigenvalue weighted by Gasteiger charge is 2.28. The molecule has 0 saturated heterocycles. The monoisotopic (exact) mass is 279 g/mol. The van der Waals surface area contributed by atoms with Gasteiger partial charge in [-0.2, -0.15) is 0 Å². The summed E-state index contributed by atoms with van der Waals surface area (Å²) in [6.07, 6.45) is 0. The molecule has 0 fully saturated rings. The smallest absolute Gasteiger partial charge is 0.289 e. The van der Waals surface area contributed by atoms with Crippen LogP contribution in [0.1, 0.15) is 11.1 Å². The van der Waals surface area contributed by atoms with Crippen LogP contribution in [0.2, 0.25) is 0 Å². The van der Waals surface area contributed by atoms with Gasteiger partial charge < -0.3 is 4.74 Å². The molecule has 4 rings (SSSR count). The standard InChI is InChI=1S/C18H19N2O/c1-13-6-3-4-8-15(13)18-19(2)16-9-5-7-14-12-21-11-10-20(18)17(14)16/h3-9H,10-12H2,1-2H3/q+1. The molecule has 3 heteroatoms. The van der Waals surface area contributed by atoms with Crippen molar-refractivity contribution in [2.45, 2.75) is 20.1 Å². The van der Waals surface area contributed by atoms with E-state index >= 15 is 0 Å². The number of aromatic nitrogens is 2. The normalized spacial score (nSPS) is 14.4. The molecule has 2 heterocycles. The largest absolute Gasteiger partial charge is 0.373 e. The molecule has 106 valence electrons. The molecular formula is C18H19N2O+. The SMILES string of the molecule is Cc1ccccc1-c1n(C)c2cccc3c2[n+]1CCOC3. The van der Waals surface area contributed by atoms with Gasteiger partial charge >= 0.3 is 0 Å². The lowest BCUT2D eigenvalue weighted by Crippen LogP contribution is -2.37. The molecule has 0 radical (unpaired) electrons. The zero-order valence-electron chi connectivity index (χ0n) is 12.5. The zero-order valence-corrected chi connectivity index (χ0v) is 12.5. The van der Waals surface area contributed by atoms with Crippen molar-refractivity contribution in [2.75, 3.05) is 6.61 Å². The van der Waals surface area contributed by atoms with Crippen molar-refractivity contribution in [3.8, 4) is 11.4 Å². The molecule has 0 spiro atoms. The first-order valence-electron chi connectivity index (χ1n) is 7.41. The molecule has 1 aromatic heterocycles. The van der Waals surface area contributed by atoms with E-state index in [4.69, 9.17) is 4.74 Å². The molecule has 3 nitrogen and oxygen atoms in total. The fourth-order valence-electron chi connectivity index (χ4n) is 3.38. The fraction of sp³-hybridized carbons (Fsp3) is 0.278. The van der Waals surface area contributed by atoms with E-state index in [2.05, 4.69) is 65.6 Å². The van der Waals surface area contributed by atoms with Crippen molar-refractivity contribution < 1.29 is 9.30 Å². The number of rotatable bonds is 1. The van der Waals surface area contributed by atoms with Gasteiger partial charge in [0.15, 0.2) is 11.0 Å². The van der Waals surface area contributed by atoms with Crippen LogP contribution in [0.25, 0.3) is 22.4 Å². The number of hydrogen-bond donors (Lipinski definition) is 0. The maximum absolute atomic E-state index is 5.76. The van der Waals surface area contributed by atoms with Crippen molar-refractivity contribution >= 4 is 11.0 Å². The van der Waals surface area contributed by atoms with Gasteiger partial charge in [0.2, 0.25) is 0 Å². The van der Waals surface area contributed by atoms with Crippen LogP contribution in [0.5, 0.6) is 0 Å². The van der Waals surface area contributed by atoms with Gasteiger partial charge in [-0.3, -0.25) is 0 Å². The van der Waals surface area contributed by atoms with Gasteiger partial charge in [0.1, 0.15) is 6.54 Å². The van der Waals surface area contributed by atoms with Crippen LogP contribution >= 0.6 is 0 Å². The number of nitrogens with zero attached hydrogens (tertiary/aromatic N) is 2. The summed E-state index contributed by atoms with van der Waals surface area (Å²) >= 11 is 0. The Hall–Kier alpha value is -2.13. The number of para-hydroxylation sites is 1. The summed E-state index contributed by atoms with van der Waals surface area (Å²) in [4.78, 5) is 0. The summed E-state index contributed by atoms with van der Waals surface area (Å²) in [7, 11) is 2.16. The van der Waals surface area contributed by atoms with Crippen molar-refractivity contribution in [3.05, 3.63) is 53.6 Å². The molecule has 2 aromatic carbocycles. The van der Waals surface area contributed by atoms with Crippen molar-refractivity contribution in [3.63, 3.8) is 0 Å². The Labute approximate surface area is 124 Å². The molecule has 0 saturated carbocycles. The summed E-state index contributed by atoms with van der Waals surface area (Å²) in [6.45, 7) is 4.54. The topological polar surface area (TPSA) is 18.0 Å². The maximum Gasteiger partial charge on any atom is 0.289 e. The minimum absolute atomic E-state index is 0.703. The minimum atomic E-state index is 0.703. The van der Waals surface area contributed by atoms with Gasteiger partial charge in [0, 0.05) is 5.56 Å².